The van der Waals surface area contributed by atoms with Gasteiger partial charge in [0.1, 0.15) is 11.9 Å². The Balaban J connectivity index is 1.07. The zero-order valence-electron chi connectivity index (χ0n) is 22.7. The molecule has 11 rings (SSSR count). The second kappa shape index (κ2) is 7.44. The third-order valence-corrected chi connectivity index (χ3v) is 10.1. The Morgan fingerprint density at radius 2 is 1.85 bits per heavy atom. The summed E-state index contributed by atoms with van der Waals surface area (Å²) in [6.07, 6.45) is 4.76. The predicted octanol–water partition coefficient (Wildman–Crippen LogP) is 4.43. The Morgan fingerprint density at radius 1 is 1.02 bits per heavy atom. The molecule has 3 aromatic heterocycles. The lowest BCUT2D eigenvalue weighted by Gasteiger charge is -2.14. The minimum absolute atomic E-state index is 0.00514. The molecule has 8 heterocycles. The summed E-state index contributed by atoms with van der Waals surface area (Å²) < 4.78 is 4.33. The fraction of sp³-hybridized carbons (Fsp3) is 0.303. The fourth-order valence-electron chi connectivity index (χ4n) is 7.41. The smallest absolute Gasteiger partial charge is 0.256 e. The number of pyridine rings is 1. The maximum atomic E-state index is 13.3. The Bertz CT molecular complexity index is 2000. The number of hydrogen-bond donors (Lipinski definition) is 1. The molecule has 1 saturated carbocycles. The molecule has 4 saturated heterocycles. The highest BCUT2D eigenvalue weighted by Gasteiger charge is 2.80. The normalized spacial score (nSPS) is 25.1. The molecule has 2 bridgehead atoms. The molecule has 4 atom stereocenters. The van der Waals surface area contributed by atoms with E-state index in [1.54, 1.807) is 0 Å². The van der Waals surface area contributed by atoms with Gasteiger partial charge < -0.3 is 14.8 Å². The van der Waals surface area contributed by atoms with Crippen molar-refractivity contribution in [1.29, 1.82) is 0 Å². The molecular formula is C33H28N6O2. The van der Waals surface area contributed by atoms with E-state index in [2.05, 4.69) is 58.1 Å². The van der Waals surface area contributed by atoms with Crippen LogP contribution in [-0.4, -0.2) is 60.6 Å². The standard InChI is InChI=1S/C33H28N6O2/c1-17-25-9-8-23(33(41)37-16-28-30-32(37)39(28)30)15-38(25)35-29(17)27-12-21-6-4-20(11-26(21)36(27)14-18-2-3-18)19-5-7-22-13-34-31(40)24(22)10-19/h4-12,15,18,28,30,32H,2-3,13-14,16H2,1H3,(H,34,40)/t28?,30-,32?,39?/m1/s1. The van der Waals surface area contributed by atoms with Crippen LogP contribution in [0.3, 0.4) is 0 Å². The fourth-order valence-corrected chi connectivity index (χ4v) is 7.41. The maximum absolute atomic E-state index is 13.3. The minimum atomic E-state index is 0.00514. The Labute approximate surface area is 236 Å². The van der Waals surface area contributed by atoms with E-state index in [1.165, 1.54) is 23.7 Å². The summed E-state index contributed by atoms with van der Waals surface area (Å²) >= 11 is 0. The molecule has 5 aliphatic heterocycles. The highest BCUT2D eigenvalue weighted by Crippen LogP contribution is 2.59. The second-order valence-electron chi connectivity index (χ2n) is 12.5. The maximum Gasteiger partial charge on any atom is 0.256 e. The molecule has 202 valence electrons. The molecule has 5 fully saturated rings. The number of nitrogens with one attached hydrogen (secondary N) is 1. The van der Waals surface area contributed by atoms with Crippen molar-refractivity contribution in [1.82, 2.24) is 29.3 Å². The summed E-state index contributed by atoms with van der Waals surface area (Å²) in [5, 5.41) is 9.17. The molecule has 41 heavy (non-hydrogen) atoms. The number of amides is 2. The number of rotatable bonds is 5. The van der Waals surface area contributed by atoms with Gasteiger partial charge in [0, 0.05) is 53.9 Å². The molecule has 8 nitrogen and oxygen atoms in total. The molecule has 0 spiro atoms. The van der Waals surface area contributed by atoms with Gasteiger partial charge in [-0.3, -0.25) is 14.5 Å². The van der Waals surface area contributed by atoms with Crippen LogP contribution in [0, 0.1) is 12.8 Å². The van der Waals surface area contributed by atoms with Crippen LogP contribution in [-0.2, 0) is 13.1 Å². The van der Waals surface area contributed by atoms with Gasteiger partial charge in [-0.15, -0.1) is 0 Å². The van der Waals surface area contributed by atoms with Crippen LogP contribution in [0.2, 0.25) is 0 Å². The van der Waals surface area contributed by atoms with Crippen molar-refractivity contribution in [2.75, 3.05) is 6.54 Å². The van der Waals surface area contributed by atoms with E-state index >= 15 is 0 Å². The van der Waals surface area contributed by atoms with Gasteiger partial charge in [0.2, 0.25) is 0 Å². The zero-order valence-corrected chi connectivity index (χ0v) is 22.7. The molecule has 0 radical (unpaired) electrons. The van der Waals surface area contributed by atoms with Crippen LogP contribution >= 0.6 is 0 Å². The summed E-state index contributed by atoms with van der Waals surface area (Å²) in [5.41, 5.74) is 10.1. The van der Waals surface area contributed by atoms with Gasteiger partial charge in [-0.25, -0.2) is 4.52 Å². The number of fused-ring (bicyclic) bond motifs is 4. The molecule has 3 unspecified atom stereocenters. The van der Waals surface area contributed by atoms with E-state index < -0.39 is 0 Å². The van der Waals surface area contributed by atoms with Gasteiger partial charge in [0.05, 0.1) is 22.8 Å². The number of hydrogen-bond acceptors (Lipinski definition) is 4. The summed E-state index contributed by atoms with van der Waals surface area (Å²) in [4.78, 5) is 30.0. The van der Waals surface area contributed by atoms with Crippen LogP contribution in [0.4, 0.5) is 0 Å². The minimum Gasteiger partial charge on any atom is -0.348 e. The second-order valence-corrected chi connectivity index (χ2v) is 12.5. The first-order chi connectivity index (χ1) is 20.0. The van der Waals surface area contributed by atoms with Crippen molar-refractivity contribution in [2.24, 2.45) is 5.92 Å². The summed E-state index contributed by atoms with van der Waals surface area (Å²) in [7, 11) is 0. The van der Waals surface area contributed by atoms with E-state index in [4.69, 9.17) is 5.10 Å². The van der Waals surface area contributed by atoms with Gasteiger partial charge in [0.15, 0.2) is 0 Å². The average Bonchev–Trinajstić information content (AvgIpc) is 3.90. The summed E-state index contributed by atoms with van der Waals surface area (Å²) in [5.74, 6) is 0.798. The number of piperazine rings is 1. The summed E-state index contributed by atoms with van der Waals surface area (Å²) in [6, 6.07) is 20.3. The highest BCUT2D eigenvalue weighted by molar-refractivity contribution is 6.00. The Hall–Kier alpha value is -4.43. The van der Waals surface area contributed by atoms with Crippen molar-refractivity contribution >= 4 is 28.2 Å². The third kappa shape index (κ3) is 3.05. The molecule has 6 aliphatic rings. The monoisotopic (exact) mass is 540 g/mol. The van der Waals surface area contributed by atoms with Crippen molar-refractivity contribution in [3.05, 3.63) is 83.0 Å². The van der Waals surface area contributed by atoms with E-state index in [9.17, 15) is 9.59 Å². The molecule has 2 aromatic carbocycles. The van der Waals surface area contributed by atoms with Crippen LogP contribution in [0.25, 0.3) is 38.9 Å². The highest BCUT2D eigenvalue weighted by atomic mass is 16.2. The van der Waals surface area contributed by atoms with Gasteiger partial charge in [0.25, 0.3) is 11.8 Å². The van der Waals surface area contributed by atoms with E-state index in [0.29, 0.717) is 36.3 Å². The molecular weight excluding hydrogens is 512 g/mol. The van der Waals surface area contributed by atoms with Crippen molar-refractivity contribution in [3.8, 4) is 22.5 Å². The molecule has 1 aliphatic carbocycles. The lowest BCUT2D eigenvalue weighted by molar-refractivity contribution is 0.0775. The lowest BCUT2D eigenvalue weighted by Crippen LogP contribution is -2.30. The third-order valence-electron chi connectivity index (χ3n) is 10.1. The van der Waals surface area contributed by atoms with Gasteiger partial charge in [-0.2, -0.15) is 5.10 Å². The van der Waals surface area contributed by atoms with Crippen molar-refractivity contribution in [2.45, 2.75) is 51.1 Å². The van der Waals surface area contributed by atoms with E-state index in [-0.39, 0.29) is 11.8 Å². The largest absolute Gasteiger partial charge is 0.348 e. The number of nitrogens with zero attached hydrogens (tertiary/aromatic N) is 5. The predicted molar refractivity (Wildman–Crippen MR) is 154 cm³/mol. The van der Waals surface area contributed by atoms with Crippen LogP contribution in [0.15, 0.2) is 60.8 Å². The van der Waals surface area contributed by atoms with Gasteiger partial charge >= 0.3 is 0 Å². The number of carbonyl (C=O) groups is 2. The topological polar surface area (TPSA) is 74.7 Å². The lowest BCUT2D eigenvalue weighted by atomic mass is 9.99. The Morgan fingerprint density at radius 3 is 2.66 bits per heavy atom. The summed E-state index contributed by atoms with van der Waals surface area (Å²) in [6.45, 7) is 4.55. The van der Waals surface area contributed by atoms with Crippen molar-refractivity contribution in [3.63, 3.8) is 0 Å². The van der Waals surface area contributed by atoms with E-state index in [1.807, 2.05) is 33.8 Å². The zero-order chi connectivity index (χ0) is 27.1. The first kappa shape index (κ1) is 22.3. The number of aromatic nitrogens is 3. The average molecular weight is 541 g/mol. The van der Waals surface area contributed by atoms with E-state index in [0.717, 1.165) is 57.8 Å². The molecule has 5 aromatic rings. The van der Waals surface area contributed by atoms with Crippen LogP contribution in [0.1, 0.15) is 44.7 Å². The number of benzene rings is 2. The number of carbonyl (C=O) groups excluding carboxylic acids is 2. The Kier molecular flexibility index (Phi) is 4.05. The molecule has 8 heteroatoms. The van der Waals surface area contributed by atoms with Crippen LogP contribution in [0.5, 0.6) is 0 Å². The van der Waals surface area contributed by atoms with Crippen molar-refractivity contribution < 1.29 is 9.59 Å². The molecule has 1 N–H and O–H groups in total. The first-order valence-corrected chi connectivity index (χ1v) is 14.7. The number of aryl methyl sites for hydroxylation is 1. The van der Waals surface area contributed by atoms with Gasteiger partial charge in [-0.1, -0.05) is 24.3 Å². The first-order valence-electron chi connectivity index (χ1n) is 14.7. The van der Waals surface area contributed by atoms with Gasteiger partial charge in [-0.05, 0) is 72.7 Å². The SMILES string of the molecule is Cc1c(-c2cc3ccc(-c4ccc5c(c4)C(=O)NC5)cc3n2CC2CC2)nn2cc(C(=O)N3CC4[C@@H]5C3N45)ccc12. The van der Waals surface area contributed by atoms with Crippen LogP contribution < -0.4 is 5.32 Å². The molecule has 2 amide bonds. The quantitative estimate of drug-likeness (QED) is 0.335.